The van der Waals surface area contributed by atoms with Crippen molar-refractivity contribution in [3.05, 3.63) is 69.7 Å². The lowest BCUT2D eigenvalue weighted by molar-refractivity contribution is -0.0727. The molecule has 25 heavy (non-hydrogen) atoms. The summed E-state index contributed by atoms with van der Waals surface area (Å²) in [6.45, 7) is -0.300. The minimum absolute atomic E-state index is 0.300. The van der Waals surface area contributed by atoms with Gasteiger partial charge >= 0.3 is 10.3 Å². The zero-order valence-electron chi connectivity index (χ0n) is 12.8. The standard InChI is InChI=1S/C16H15Cl2NO5S/c17-11-6-7-12(13(18)8-11)15-14(9-22-25(19,20)21)23-16(24-15)10-4-2-1-3-5-10/h1-8,14-16H,9H2,(H2,19,20,21)/t14-,15-,16?/m0/s1. The fraction of sp³-hybridized carbons (Fsp3) is 0.250. The highest BCUT2D eigenvalue weighted by Crippen LogP contribution is 2.42. The Kier molecular flexibility index (Phi) is 5.65. The van der Waals surface area contributed by atoms with E-state index in [4.69, 9.17) is 37.8 Å². The lowest BCUT2D eigenvalue weighted by Gasteiger charge is -2.17. The van der Waals surface area contributed by atoms with Crippen LogP contribution in [0, 0.1) is 0 Å². The zero-order valence-corrected chi connectivity index (χ0v) is 15.2. The predicted molar refractivity (Wildman–Crippen MR) is 93.4 cm³/mol. The fourth-order valence-electron chi connectivity index (χ4n) is 2.54. The molecule has 0 radical (unpaired) electrons. The van der Waals surface area contributed by atoms with Crippen LogP contribution >= 0.6 is 23.2 Å². The van der Waals surface area contributed by atoms with E-state index in [-0.39, 0.29) is 6.61 Å². The summed E-state index contributed by atoms with van der Waals surface area (Å²) in [6, 6.07) is 14.2. The molecular formula is C16H15Cl2NO5S. The van der Waals surface area contributed by atoms with Crippen LogP contribution in [0.4, 0.5) is 0 Å². The summed E-state index contributed by atoms with van der Waals surface area (Å²) in [5.41, 5.74) is 1.41. The molecule has 1 fully saturated rings. The number of hydrogen-bond donors (Lipinski definition) is 1. The molecule has 0 saturated carbocycles. The molecule has 1 aliphatic rings. The van der Waals surface area contributed by atoms with E-state index in [1.165, 1.54) is 0 Å². The predicted octanol–water partition coefficient (Wildman–Crippen LogP) is 3.37. The minimum atomic E-state index is -4.11. The Bertz CT molecular complexity index is 847. The average Bonchev–Trinajstić information content (AvgIpc) is 2.97. The molecule has 0 aromatic heterocycles. The summed E-state index contributed by atoms with van der Waals surface area (Å²) >= 11 is 12.2. The first-order chi connectivity index (χ1) is 11.8. The van der Waals surface area contributed by atoms with Gasteiger partial charge in [0.1, 0.15) is 12.2 Å². The number of rotatable bonds is 5. The third-order valence-corrected chi connectivity index (χ3v) is 4.67. The maximum absolute atomic E-state index is 11.1. The van der Waals surface area contributed by atoms with Crippen LogP contribution in [0.15, 0.2) is 48.5 Å². The number of benzene rings is 2. The van der Waals surface area contributed by atoms with Crippen molar-refractivity contribution in [2.24, 2.45) is 5.14 Å². The summed E-state index contributed by atoms with van der Waals surface area (Å²) in [7, 11) is -4.11. The van der Waals surface area contributed by atoms with Crippen LogP contribution in [0.2, 0.25) is 10.0 Å². The van der Waals surface area contributed by atoms with Crippen molar-refractivity contribution in [2.45, 2.75) is 18.5 Å². The van der Waals surface area contributed by atoms with Crippen molar-refractivity contribution < 1.29 is 22.1 Å². The Morgan fingerprint density at radius 3 is 2.44 bits per heavy atom. The average molecular weight is 404 g/mol. The summed E-state index contributed by atoms with van der Waals surface area (Å²) in [4.78, 5) is 0. The van der Waals surface area contributed by atoms with Crippen molar-refractivity contribution >= 4 is 33.5 Å². The molecule has 3 rings (SSSR count). The van der Waals surface area contributed by atoms with Crippen molar-refractivity contribution in [1.29, 1.82) is 0 Å². The van der Waals surface area contributed by atoms with Gasteiger partial charge in [0, 0.05) is 21.2 Å². The van der Waals surface area contributed by atoms with E-state index in [2.05, 4.69) is 4.18 Å². The SMILES string of the molecule is NS(=O)(=O)OC[C@@H]1OC(c2ccccc2)O[C@H]1c1ccc(Cl)cc1Cl. The number of ether oxygens (including phenoxy) is 2. The van der Waals surface area contributed by atoms with Crippen LogP contribution < -0.4 is 5.14 Å². The summed E-state index contributed by atoms with van der Waals surface area (Å²) in [6.07, 6.45) is -2.05. The monoisotopic (exact) mass is 403 g/mol. The Hall–Kier alpha value is -1.19. The summed E-state index contributed by atoms with van der Waals surface area (Å²) in [5, 5.41) is 5.76. The van der Waals surface area contributed by atoms with Crippen LogP contribution in [0.3, 0.4) is 0 Å². The van der Waals surface area contributed by atoms with E-state index in [1.54, 1.807) is 18.2 Å². The van der Waals surface area contributed by atoms with Crippen molar-refractivity contribution in [2.75, 3.05) is 6.61 Å². The first-order valence-electron chi connectivity index (χ1n) is 7.31. The normalized spacial score (nSPS) is 23.7. The van der Waals surface area contributed by atoms with Crippen LogP contribution in [0.25, 0.3) is 0 Å². The summed E-state index contributed by atoms with van der Waals surface area (Å²) in [5.74, 6) is 0. The van der Waals surface area contributed by atoms with E-state index in [0.717, 1.165) is 5.56 Å². The molecule has 1 unspecified atom stereocenters. The molecule has 6 nitrogen and oxygen atoms in total. The van der Waals surface area contributed by atoms with Gasteiger partial charge in [-0.15, -0.1) is 0 Å². The number of halogens is 2. The fourth-order valence-corrected chi connectivity index (χ4v) is 3.38. The lowest BCUT2D eigenvalue weighted by atomic mass is 10.1. The zero-order chi connectivity index (χ0) is 18.0. The number of nitrogens with two attached hydrogens (primary N) is 1. The van der Waals surface area contributed by atoms with E-state index in [0.29, 0.717) is 15.6 Å². The molecule has 2 aromatic rings. The van der Waals surface area contributed by atoms with E-state index in [9.17, 15) is 8.42 Å². The third kappa shape index (κ3) is 4.71. The van der Waals surface area contributed by atoms with E-state index in [1.807, 2.05) is 30.3 Å². The topological polar surface area (TPSA) is 87.9 Å². The Morgan fingerprint density at radius 1 is 1.08 bits per heavy atom. The smallest absolute Gasteiger partial charge is 0.333 e. The van der Waals surface area contributed by atoms with Crippen LogP contribution in [-0.4, -0.2) is 21.1 Å². The molecule has 0 aliphatic carbocycles. The lowest BCUT2D eigenvalue weighted by Crippen LogP contribution is -2.26. The van der Waals surface area contributed by atoms with Crippen molar-refractivity contribution in [3.63, 3.8) is 0 Å². The molecule has 3 atom stereocenters. The molecule has 0 spiro atoms. The van der Waals surface area contributed by atoms with Gasteiger partial charge in [0.05, 0.1) is 6.61 Å². The molecule has 9 heteroatoms. The first-order valence-corrected chi connectivity index (χ1v) is 9.54. The van der Waals surface area contributed by atoms with Crippen LogP contribution in [-0.2, 0) is 24.0 Å². The van der Waals surface area contributed by atoms with Crippen LogP contribution in [0.1, 0.15) is 23.5 Å². The van der Waals surface area contributed by atoms with Crippen LogP contribution in [0.5, 0.6) is 0 Å². The van der Waals surface area contributed by atoms with Gasteiger partial charge in [-0.3, -0.25) is 4.18 Å². The largest absolute Gasteiger partial charge is 0.340 e. The minimum Gasteiger partial charge on any atom is -0.340 e. The Morgan fingerprint density at radius 2 is 1.80 bits per heavy atom. The van der Waals surface area contributed by atoms with Crippen molar-refractivity contribution in [1.82, 2.24) is 0 Å². The first kappa shape index (κ1) is 18.6. The molecule has 1 heterocycles. The van der Waals surface area contributed by atoms with Gasteiger partial charge in [0.25, 0.3) is 0 Å². The molecular weight excluding hydrogens is 389 g/mol. The van der Waals surface area contributed by atoms with E-state index < -0.39 is 28.8 Å². The molecule has 2 aromatic carbocycles. The molecule has 2 N–H and O–H groups in total. The van der Waals surface area contributed by atoms with Gasteiger partial charge in [-0.05, 0) is 12.1 Å². The maximum atomic E-state index is 11.1. The quantitative estimate of drug-likeness (QED) is 0.826. The van der Waals surface area contributed by atoms with Gasteiger partial charge in [-0.25, -0.2) is 5.14 Å². The summed E-state index contributed by atoms with van der Waals surface area (Å²) < 4.78 is 38.7. The number of hydrogen-bond acceptors (Lipinski definition) is 5. The van der Waals surface area contributed by atoms with Gasteiger partial charge in [0.2, 0.25) is 0 Å². The Labute approximate surface area is 155 Å². The van der Waals surface area contributed by atoms with Gasteiger partial charge in [0.15, 0.2) is 6.29 Å². The Balaban J connectivity index is 1.88. The molecule has 134 valence electrons. The molecule has 0 amide bonds. The van der Waals surface area contributed by atoms with Gasteiger partial charge < -0.3 is 9.47 Å². The highest BCUT2D eigenvalue weighted by Gasteiger charge is 2.39. The highest BCUT2D eigenvalue weighted by atomic mass is 35.5. The molecule has 1 aliphatic heterocycles. The third-order valence-electron chi connectivity index (χ3n) is 3.64. The van der Waals surface area contributed by atoms with E-state index >= 15 is 0 Å². The molecule has 0 bridgehead atoms. The van der Waals surface area contributed by atoms with Gasteiger partial charge in [-0.1, -0.05) is 59.6 Å². The molecule has 1 saturated heterocycles. The second-order valence-electron chi connectivity index (χ2n) is 5.42. The second kappa shape index (κ2) is 7.59. The van der Waals surface area contributed by atoms with Crippen molar-refractivity contribution in [3.8, 4) is 0 Å². The second-order valence-corrected chi connectivity index (χ2v) is 7.48. The van der Waals surface area contributed by atoms with Gasteiger partial charge in [-0.2, -0.15) is 8.42 Å². The maximum Gasteiger partial charge on any atom is 0.333 e. The highest BCUT2D eigenvalue weighted by molar-refractivity contribution is 7.84.